The highest BCUT2D eigenvalue weighted by Crippen LogP contribution is 2.18. The zero-order chi connectivity index (χ0) is 12.0. The molecular weight excluding hydrogens is 204 g/mol. The minimum atomic E-state index is 0.222. The lowest BCUT2D eigenvalue weighted by Gasteiger charge is -2.18. The molecule has 0 aliphatic carbocycles. The Bertz CT molecular complexity index is 346. The van der Waals surface area contributed by atoms with E-state index in [1.54, 1.807) is 6.20 Å². The summed E-state index contributed by atoms with van der Waals surface area (Å²) in [4.78, 5) is 4.33. The minimum absolute atomic E-state index is 0.222. The third kappa shape index (κ3) is 2.98. The Morgan fingerprint density at radius 1 is 1.62 bits per heavy atom. The Morgan fingerprint density at radius 2 is 2.38 bits per heavy atom. The summed E-state index contributed by atoms with van der Waals surface area (Å²) in [5.41, 5.74) is 5.55. The summed E-state index contributed by atoms with van der Waals surface area (Å²) in [5, 5.41) is 11.6. The van der Waals surface area contributed by atoms with Crippen LogP contribution in [0.3, 0.4) is 0 Å². The van der Waals surface area contributed by atoms with Crippen LogP contribution >= 0.6 is 0 Å². The van der Waals surface area contributed by atoms with E-state index in [1.807, 2.05) is 6.20 Å². The van der Waals surface area contributed by atoms with E-state index < -0.39 is 0 Å². The minimum Gasteiger partial charge on any atom is -0.409 e. The number of nitrogens with zero attached hydrogens (tertiary/aromatic N) is 3. The van der Waals surface area contributed by atoms with Gasteiger partial charge in [-0.25, -0.2) is 4.98 Å². The van der Waals surface area contributed by atoms with E-state index in [9.17, 15) is 0 Å². The molecule has 16 heavy (non-hydrogen) atoms. The predicted molar refractivity (Wildman–Crippen MR) is 63.6 cm³/mol. The molecule has 5 heteroatoms. The average Bonchev–Trinajstić information content (AvgIpc) is 2.74. The molecular formula is C11H20N4O. The summed E-state index contributed by atoms with van der Waals surface area (Å²) in [6.45, 7) is 4.22. The third-order valence-corrected chi connectivity index (χ3v) is 2.66. The van der Waals surface area contributed by atoms with E-state index in [2.05, 4.69) is 28.6 Å². The lowest BCUT2D eigenvalue weighted by atomic mass is 10.1. The molecule has 1 unspecified atom stereocenters. The fraction of sp³-hybridized carbons (Fsp3) is 0.636. The van der Waals surface area contributed by atoms with Gasteiger partial charge in [0.2, 0.25) is 0 Å². The van der Waals surface area contributed by atoms with E-state index in [-0.39, 0.29) is 11.9 Å². The Kier molecular flexibility index (Phi) is 4.82. The number of amidine groups is 1. The second-order valence-electron chi connectivity index (χ2n) is 3.86. The molecule has 0 aliphatic heterocycles. The number of aromatic nitrogens is 2. The highest BCUT2D eigenvalue weighted by Gasteiger charge is 2.14. The molecule has 0 aliphatic rings. The van der Waals surface area contributed by atoms with Crippen LogP contribution in [0.4, 0.5) is 0 Å². The lowest BCUT2D eigenvalue weighted by Crippen LogP contribution is -2.20. The first-order valence-electron chi connectivity index (χ1n) is 5.71. The topological polar surface area (TPSA) is 76.4 Å². The van der Waals surface area contributed by atoms with Crippen LogP contribution in [0.15, 0.2) is 17.5 Å². The standard InChI is InChI=1S/C11H20N4O/c1-3-5-11-13-6-7-15(11)9(4-2)8-10(12)14-16/h6-7,9,16H,3-5,8H2,1-2H3,(H2,12,14). The molecule has 3 N–H and O–H groups in total. The fourth-order valence-electron chi connectivity index (χ4n) is 1.82. The predicted octanol–water partition coefficient (Wildman–Crippen LogP) is 1.92. The largest absolute Gasteiger partial charge is 0.409 e. The van der Waals surface area contributed by atoms with Gasteiger partial charge in [0.15, 0.2) is 0 Å². The molecule has 0 amide bonds. The maximum atomic E-state index is 8.59. The molecule has 0 fully saturated rings. The first-order valence-corrected chi connectivity index (χ1v) is 5.71. The van der Waals surface area contributed by atoms with Gasteiger partial charge in [0.25, 0.3) is 0 Å². The maximum absolute atomic E-state index is 8.59. The molecule has 1 atom stereocenters. The summed E-state index contributed by atoms with van der Waals surface area (Å²) in [7, 11) is 0. The number of nitrogens with two attached hydrogens (primary N) is 1. The Balaban J connectivity index is 2.81. The first-order chi connectivity index (χ1) is 7.72. The monoisotopic (exact) mass is 224 g/mol. The fourth-order valence-corrected chi connectivity index (χ4v) is 1.82. The second-order valence-corrected chi connectivity index (χ2v) is 3.86. The van der Waals surface area contributed by atoms with E-state index in [1.165, 1.54) is 0 Å². The molecule has 0 spiro atoms. The van der Waals surface area contributed by atoms with Crippen molar-refractivity contribution in [2.45, 2.75) is 45.6 Å². The van der Waals surface area contributed by atoms with Crippen molar-refractivity contribution >= 4 is 5.84 Å². The van der Waals surface area contributed by atoms with Crippen molar-refractivity contribution in [1.82, 2.24) is 9.55 Å². The van der Waals surface area contributed by atoms with Gasteiger partial charge in [0.1, 0.15) is 11.7 Å². The van der Waals surface area contributed by atoms with Gasteiger partial charge >= 0.3 is 0 Å². The molecule has 5 nitrogen and oxygen atoms in total. The highest BCUT2D eigenvalue weighted by molar-refractivity contribution is 5.79. The van der Waals surface area contributed by atoms with Crippen LogP contribution in [0.1, 0.15) is 45.0 Å². The zero-order valence-electron chi connectivity index (χ0n) is 9.93. The van der Waals surface area contributed by atoms with Crippen LogP contribution in [0.5, 0.6) is 0 Å². The highest BCUT2D eigenvalue weighted by atomic mass is 16.4. The Labute approximate surface area is 96.0 Å². The van der Waals surface area contributed by atoms with Gasteiger partial charge in [-0.1, -0.05) is 19.0 Å². The van der Waals surface area contributed by atoms with Gasteiger partial charge in [0, 0.05) is 31.3 Å². The van der Waals surface area contributed by atoms with Gasteiger partial charge in [0.05, 0.1) is 0 Å². The van der Waals surface area contributed by atoms with Gasteiger partial charge in [-0.2, -0.15) is 0 Å². The van der Waals surface area contributed by atoms with E-state index >= 15 is 0 Å². The van der Waals surface area contributed by atoms with Crippen LogP contribution in [0, 0.1) is 0 Å². The molecule has 1 aromatic rings. The van der Waals surface area contributed by atoms with E-state index in [4.69, 9.17) is 10.9 Å². The van der Waals surface area contributed by atoms with Crippen LogP contribution in [-0.2, 0) is 6.42 Å². The zero-order valence-corrected chi connectivity index (χ0v) is 9.93. The Morgan fingerprint density at radius 3 is 2.94 bits per heavy atom. The van der Waals surface area contributed by atoms with Gasteiger partial charge in [-0.05, 0) is 12.8 Å². The van der Waals surface area contributed by atoms with Crippen LogP contribution in [0.2, 0.25) is 0 Å². The molecule has 1 aromatic heterocycles. The molecule has 0 saturated heterocycles. The lowest BCUT2D eigenvalue weighted by molar-refractivity contribution is 0.314. The summed E-state index contributed by atoms with van der Waals surface area (Å²) < 4.78 is 2.13. The smallest absolute Gasteiger partial charge is 0.141 e. The first kappa shape index (κ1) is 12.5. The Hall–Kier alpha value is -1.52. The molecule has 0 aromatic carbocycles. The molecule has 0 radical (unpaired) electrons. The summed E-state index contributed by atoms with van der Waals surface area (Å²) in [5.74, 6) is 1.34. The maximum Gasteiger partial charge on any atom is 0.141 e. The molecule has 90 valence electrons. The van der Waals surface area contributed by atoms with Crippen molar-refractivity contribution < 1.29 is 5.21 Å². The van der Waals surface area contributed by atoms with E-state index in [0.29, 0.717) is 6.42 Å². The summed E-state index contributed by atoms with van der Waals surface area (Å²) >= 11 is 0. The van der Waals surface area contributed by atoms with Crippen molar-refractivity contribution in [3.63, 3.8) is 0 Å². The number of oxime groups is 1. The summed E-state index contributed by atoms with van der Waals surface area (Å²) in [6, 6.07) is 0.222. The van der Waals surface area contributed by atoms with Crippen LogP contribution in [0.25, 0.3) is 0 Å². The van der Waals surface area contributed by atoms with Crippen LogP contribution in [-0.4, -0.2) is 20.6 Å². The van der Waals surface area contributed by atoms with Crippen molar-refractivity contribution in [3.8, 4) is 0 Å². The van der Waals surface area contributed by atoms with Crippen LogP contribution < -0.4 is 5.73 Å². The quantitative estimate of drug-likeness (QED) is 0.335. The van der Waals surface area contributed by atoms with Crippen molar-refractivity contribution in [2.75, 3.05) is 0 Å². The number of rotatable bonds is 6. The summed E-state index contributed by atoms with van der Waals surface area (Å²) in [6.07, 6.45) is 7.28. The second kappa shape index (κ2) is 6.15. The van der Waals surface area contributed by atoms with Gasteiger partial charge in [-0.3, -0.25) is 0 Å². The molecule has 1 heterocycles. The number of imidazole rings is 1. The average molecular weight is 224 g/mol. The molecule has 0 bridgehead atoms. The number of aryl methyl sites for hydroxylation is 1. The van der Waals surface area contributed by atoms with Gasteiger partial charge in [-0.15, -0.1) is 0 Å². The third-order valence-electron chi connectivity index (χ3n) is 2.66. The molecule has 1 rings (SSSR count). The number of hydrogen-bond donors (Lipinski definition) is 2. The van der Waals surface area contributed by atoms with Crippen molar-refractivity contribution in [2.24, 2.45) is 10.9 Å². The SMILES string of the molecule is CCCc1nccn1C(CC)CC(N)=NO. The number of hydrogen-bond acceptors (Lipinski definition) is 3. The van der Waals surface area contributed by atoms with Gasteiger partial charge < -0.3 is 15.5 Å². The van der Waals surface area contributed by atoms with Crippen molar-refractivity contribution in [1.29, 1.82) is 0 Å². The molecule has 0 saturated carbocycles. The normalized spacial score (nSPS) is 14.0. The van der Waals surface area contributed by atoms with E-state index in [0.717, 1.165) is 25.1 Å². The van der Waals surface area contributed by atoms with Crippen molar-refractivity contribution in [3.05, 3.63) is 18.2 Å².